The normalized spacial score (nSPS) is 29.5. The first-order valence-electron chi connectivity index (χ1n) is 6.33. The zero-order chi connectivity index (χ0) is 12.3. The van der Waals surface area contributed by atoms with Gasteiger partial charge in [0.05, 0.1) is 18.0 Å². The molecule has 0 amide bonds. The molecule has 0 bridgehead atoms. The summed E-state index contributed by atoms with van der Waals surface area (Å²) in [5, 5.41) is 18.7. The Morgan fingerprint density at radius 2 is 2.24 bits per heavy atom. The number of nitrogens with zero attached hydrogens (tertiary/aromatic N) is 3. The number of aryl methyl sites for hydroxylation is 1. The Balaban J connectivity index is 2.12. The van der Waals surface area contributed by atoms with Crippen molar-refractivity contribution in [3.8, 4) is 0 Å². The standard InChI is InChI=1S/C12H21N3O2/c1-3-8-15-11(9-13-14-15)12(16)6-4-10(17-2)5-7-12/h9-10,16H,3-8H2,1-2H3. The number of hydrogen-bond donors (Lipinski definition) is 1. The highest BCUT2D eigenvalue weighted by molar-refractivity contribution is 5.09. The van der Waals surface area contributed by atoms with Gasteiger partial charge in [0, 0.05) is 13.7 Å². The number of hydrogen-bond acceptors (Lipinski definition) is 4. The molecule has 1 aliphatic rings. The SMILES string of the molecule is CCCn1nncc1C1(O)CCC(OC)CC1. The molecule has 1 aromatic rings. The van der Waals surface area contributed by atoms with E-state index in [2.05, 4.69) is 17.2 Å². The molecule has 1 aliphatic carbocycles. The third kappa shape index (κ3) is 2.50. The van der Waals surface area contributed by atoms with Gasteiger partial charge in [0.25, 0.3) is 0 Å². The molecule has 1 N–H and O–H groups in total. The number of aliphatic hydroxyl groups is 1. The minimum Gasteiger partial charge on any atom is -0.384 e. The van der Waals surface area contributed by atoms with Crippen molar-refractivity contribution in [2.24, 2.45) is 0 Å². The third-order valence-electron chi connectivity index (χ3n) is 3.62. The van der Waals surface area contributed by atoms with Crippen molar-refractivity contribution >= 4 is 0 Å². The zero-order valence-corrected chi connectivity index (χ0v) is 10.6. The number of rotatable bonds is 4. The van der Waals surface area contributed by atoms with Crippen LogP contribution < -0.4 is 0 Å². The summed E-state index contributed by atoms with van der Waals surface area (Å²) < 4.78 is 7.16. The van der Waals surface area contributed by atoms with Crippen LogP contribution in [0, 0.1) is 0 Å². The molecular weight excluding hydrogens is 218 g/mol. The lowest BCUT2D eigenvalue weighted by molar-refractivity contribution is -0.0527. The molecule has 1 fully saturated rings. The second-order valence-corrected chi connectivity index (χ2v) is 4.81. The van der Waals surface area contributed by atoms with Gasteiger partial charge >= 0.3 is 0 Å². The summed E-state index contributed by atoms with van der Waals surface area (Å²) in [4.78, 5) is 0. The molecule has 0 atom stereocenters. The van der Waals surface area contributed by atoms with Crippen LogP contribution in [0.25, 0.3) is 0 Å². The Labute approximate surface area is 102 Å². The molecule has 0 saturated heterocycles. The van der Waals surface area contributed by atoms with E-state index in [0.717, 1.165) is 44.3 Å². The Hall–Kier alpha value is -0.940. The van der Waals surface area contributed by atoms with Crippen LogP contribution in [0.3, 0.4) is 0 Å². The van der Waals surface area contributed by atoms with Crippen molar-refractivity contribution in [2.75, 3.05) is 7.11 Å². The topological polar surface area (TPSA) is 60.2 Å². The Kier molecular flexibility index (Phi) is 3.79. The molecule has 2 rings (SSSR count). The fourth-order valence-electron chi connectivity index (χ4n) is 2.56. The molecule has 5 nitrogen and oxygen atoms in total. The highest BCUT2D eigenvalue weighted by Crippen LogP contribution is 2.37. The maximum atomic E-state index is 10.7. The van der Waals surface area contributed by atoms with Crippen LogP contribution >= 0.6 is 0 Å². The van der Waals surface area contributed by atoms with Gasteiger partial charge in [0.2, 0.25) is 0 Å². The fraction of sp³-hybridized carbons (Fsp3) is 0.833. The maximum Gasteiger partial charge on any atom is 0.108 e. The summed E-state index contributed by atoms with van der Waals surface area (Å²) >= 11 is 0. The van der Waals surface area contributed by atoms with Crippen LogP contribution in [-0.4, -0.2) is 33.3 Å². The van der Waals surface area contributed by atoms with Gasteiger partial charge in [-0.3, -0.25) is 0 Å². The largest absolute Gasteiger partial charge is 0.384 e. The van der Waals surface area contributed by atoms with Crippen molar-refractivity contribution in [3.05, 3.63) is 11.9 Å². The molecule has 17 heavy (non-hydrogen) atoms. The van der Waals surface area contributed by atoms with Crippen LogP contribution in [-0.2, 0) is 16.9 Å². The minimum absolute atomic E-state index is 0.283. The first-order valence-corrected chi connectivity index (χ1v) is 6.33. The van der Waals surface area contributed by atoms with Crippen LogP contribution in [0.1, 0.15) is 44.7 Å². The zero-order valence-electron chi connectivity index (χ0n) is 10.6. The van der Waals surface area contributed by atoms with E-state index in [1.54, 1.807) is 13.3 Å². The number of aromatic nitrogens is 3. The lowest BCUT2D eigenvalue weighted by Crippen LogP contribution is -2.36. The molecule has 0 spiro atoms. The molecule has 0 aromatic carbocycles. The molecular formula is C12H21N3O2. The Bertz CT molecular complexity index is 356. The van der Waals surface area contributed by atoms with E-state index in [4.69, 9.17) is 4.74 Å². The smallest absolute Gasteiger partial charge is 0.108 e. The van der Waals surface area contributed by atoms with E-state index in [-0.39, 0.29) is 6.10 Å². The van der Waals surface area contributed by atoms with Crippen LogP contribution in [0.4, 0.5) is 0 Å². The van der Waals surface area contributed by atoms with Crippen molar-refractivity contribution in [1.29, 1.82) is 0 Å². The highest BCUT2D eigenvalue weighted by atomic mass is 16.5. The molecule has 1 aromatic heterocycles. The van der Waals surface area contributed by atoms with E-state index in [1.807, 2.05) is 4.68 Å². The number of ether oxygens (including phenoxy) is 1. The second kappa shape index (κ2) is 5.14. The Morgan fingerprint density at radius 1 is 1.53 bits per heavy atom. The fourth-order valence-corrected chi connectivity index (χ4v) is 2.56. The second-order valence-electron chi connectivity index (χ2n) is 4.81. The number of methoxy groups -OCH3 is 1. The lowest BCUT2D eigenvalue weighted by Gasteiger charge is -2.35. The Morgan fingerprint density at radius 3 is 2.82 bits per heavy atom. The average molecular weight is 239 g/mol. The molecule has 0 aliphatic heterocycles. The summed E-state index contributed by atoms with van der Waals surface area (Å²) in [6, 6.07) is 0. The first kappa shape index (κ1) is 12.5. The predicted molar refractivity (Wildman–Crippen MR) is 63.5 cm³/mol. The van der Waals surface area contributed by atoms with Gasteiger partial charge in [0.15, 0.2) is 0 Å². The predicted octanol–water partition coefficient (Wildman–Crippen LogP) is 1.46. The molecule has 0 radical (unpaired) electrons. The maximum absolute atomic E-state index is 10.7. The summed E-state index contributed by atoms with van der Waals surface area (Å²) in [7, 11) is 1.73. The summed E-state index contributed by atoms with van der Waals surface area (Å²) in [6.07, 6.45) is 6.21. The van der Waals surface area contributed by atoms with Gasteiger partial charge in [0.1, 0.15) is 5.60 Å². The molecule has 1 saturated carbocycles. The summed E-state index contributed by atoms with van der Waals surface area (Å²) in [6.45, 7) is 2.91. The van der Waals surface area contributed by atoms with E-state index in [0.29, 0.717) is 0 Å². The minimum atomic E-state index is -0.770. The third-order valence-corrected chi connectivity index (χ3v) is 3.62. The highest BCUT2D eigenvalue weighted by Gasteiger charge is 2.37. The molecule has 1 heterocycles. The first-order chi connectivity index (χ1) is 8.19. The van der Waals surface area contributed by atoms with Crippen LogP contribution in [0.2, 0.25) is 0 Å². The van der Waals surface area contributed by atoms with Crippen molar-refractivity contribution in [3.63, 3.8) is 0 Å². The lowest BCUT2D eigenvalue weighted by atomic mass is 9.81. The van der Waals surface area contributed by atoms with Crippen molar-refractivity contribution in [1.82, 2.24) is 15.0 Å². The van der Waals surface area contributed by atoms with Crippen molar-refractivity contribution in [2.45, 2.75) is 57.3 Å². The van der Waals surface area contributed by atoms with Gasteiger partial charge in [-0.1, -0.05) is 12.1 Å². The van der Waals surface area contributed by atoms with Gasteiger partial charge in [-0.25, -0.2) is 4.68 Å². The van der Waals surface area contributed by atoms with E-state index in [1.165, 1.54) is 0 Å². The van der Waals surface area contributed by atoms with E-state index >= 15 is 0 Å². The van der Waals surface area contributed by atoms with Crippen LogP contribution in [0.5, 0.6) is 0 Å². The van der Waals surface area contributed by atoms with Gasteiger partial charge < -0.3 is 9.84 Å². The molecule has 96 valence electrons. The summed E-state index contributed by atoms with van der Waals surface area (Å²) in [5.41, 5.74) is 0.0853. The average Bonchev–Trinajstić information content (AvgIpc) is 2.80. The monoisotopic (exact) mass is 239 g/mol. The van der Waals surface area contributed by atoms with Crippen molar-refractivity contribution < 1.29 is 9.84 Å². The van der Waals surface area contributed by atoms with Crippen LogP contribution in [0.15, 0.2) is 6.20 Å². The molecule has 5 heteroatoms. The van der Waals surface area contributed by atoms with Gasteiger partial charge in [-0.2, -0.15) is 0 Å². The summed E-state index contributed by atoms with van der Waals surface area (Å²) in [5.74, 6) is 0. The quantitative estimate of drug-likeness (QED) is 0.864. The molecule has 0 unspecified atom stereocenters. The van der Waals surface area contributed by atoms with E-state index < -0.39 is 5.60 Å². The van der Waals surface area contributed by atoms with E-state index in [9.17, 15) is 5.11 Å². The van der Waals surface area contributed by atoms with Gasteiger partial charge in [-0.15, -0.1) is 5.10 Å². The van der Waals surface area contributed by atoms with Gasteiger partial charge in [-0.05, 0) is 32.1 Å².